The van der Waals surface area contributed by atoms with E-state index in [2.05, 4.69) is 12.2 Å². The Morgan fingerprint density at radius 3 is 2.63 bits per heavy atom. The van der Waals surface area contributed by atoms with Gasteiger partial charge in [-0.2, -0.15) is 0 Å². The molecule has 1 aromatic carbocycles. The minimum Gasteiger partial charge on any atom is -0.462 e. The van der Waals surface area contributed by atoms with Gasteiger partial charge < -0.3 is 10.1 Å². The Morgan fingerprint density at radius 2 is 1.93 bits per heavy atom. The highest BCUT2D eigenvalue weighted by Crippen LogP contribution is 2.41. The highest BCUT2D eigenvalue weighted by molar-refractivity contribution is 7.17. The number of fused-ring (bicyclic) bond motifs is 1. The molecule has 2 aromatic rings. The number of thiophene rings is 1. The van der Waals surface area contributed by atoms with Crippen molar-refractivity contribution in [1.29, 1.82) is 0 Å². The number of benzene rings is 1. The monoisotopic (exact) mass is 445 g/mol. The van der Waals surface area contributed by atoms with Crippen molar-refractivity contribution in [3.05, 3.63) is 48.8 Å². The topological polar surface area (TPSA) is 55.4 Å². The SMILES string of the molecule is CCOC(=O)c1c(NC(=O)c2c(Cl)ccc(Cl)c2Cl)sc2c1CCC(C)C2. The summed E-state index contributed by atoms with van der Waals surface area (Å²) >= 11 is 19.7. The van der Waals surface area contributed by atoms with E-state index in [9.17, 15) is 9.59 Å². The fraction of sp³-hybridized carbons (Fsp3) is 0.368. The minimum atomic E-state index is -0.510. The molecule has 1 amide bonds. The van der Waals surface area contributed by atoms with Crippen molar-refractivity contribution in [2.45, 2.75) is 33.1 Å². The van der Waals surface area contributed by atoms with Crippen molar-refractivity contribution in [2.24, 2.45) is 5.92 Å². The third-order valence-corrected chi connectivity index (χ3v) is 6.78. The second kappa shape index (κ2) is 8.39. The molecule has 0 fully saturated rings. The van der Waals surface area contributed by atoms with Crippen LogP contribution in [0.3, 0.4) is 0 Å². The number of carbonyl (C=O) groups excluding carboxylic acids is 2. The molecule has 1 aliphatic carbocycles. The average molecular weight is 447 g/mol. The van der Waals surface area contributed by atoms with E-state index < -0.39 is 11.9 Å². The van der Waals surface area contributed by atoms with Crippen LogP contribution < -0.4 is 5.32 Å². The number of nitrogens with one attached hydrogen (secondary N) is 1. The molecule has 1 N–H and O–H groups in total. The first kappa shape index (κ1) is 20.5. The van der Waals surface area contributed by atoms with Crippen LogP contribution in [-0.4, -0.2) is 18.5 Å². The molecule has 1 heterocycles. The van der Waals surface area contributed by atoms with Crippen LogP contribution in [0.15, 0.2) is 12.1 Å². The molecule has 4 nitrogen and oxygen atoms in total. The van der Waals surface area contributed by atoms with E-state index in [1.807, 2.05) is 0 Å². The van der Waals surface area contributed by atoms with Crippen LogP contribution in [0.25, 0.3) is 0 Å². The lowest BCUT2D eigenvalue weighted by Gasteiger charge is -2.18. The van der Waals surface area contributed by atoms with Crippen LogP contribution in [0, 0.1) is 5.92 Å². The minimum absolute atomic E-state index is 0.0780. The second-order valence-electron chi connectivity index (χ2n) is 6.45. The third kappa shape index (κ3) is 4.11. The Kier molecular flexibility index (Phi) is 6.36. The van der Waals surface area contributed by atoms with Crippen molar-refractivity contribution in [3.8, 4) is 0 Å². The molecular weight excluding hydrogens is 429 g/mol. The zero-order valence-electron chi connectivity index (χ0n) is 14.8. The Labute approximate surface area is 176 Å². The van der Waals surface area contributed by atoms with Gasteiger partial charge in [-0.15, -0.1) is 11.3 Å². The molecule has 8 heteroatoms. The van der Waals surface area contributed by atoms with Gasteiger partial charge in [0.25, 0.3) is 5.91 Å². The Balaban J connectivity index is 2.01. The van der Waals surface area contributed by atoms with Crippen LogP contribution in [0.4, 0.5) is 5.00 Å². The standard InChI is InChI=1S/C19H18Cl3NO3S/c1-3-26-19(25)14-10-5-4-9(2)8-13(10)27-18(14)23-17(24)15-11(20)6-7-12(21)16(15)22/h6-7,9H,3-5,8H2,1-2H3,(H,23,24). The number of rotatable bonds is 4. The lowest BCUT2D eigenvalue weighted by Crippen LogP contribution is -2.17. The first-order valence-electron chi connectivity index (χ1n) is 8.59. The van der Waals surface area contributed by atoms with Crippen molar-refractivity contribution < 1.29 is 14.3 Å². The van der Waals surface area contributed by atoms with E-state index in [-0.39, 0.29) is 27.2 Å². The quantitative estimate of drug-likeness (QED) is 0.445. The van der Waals surface area contributed by atoms with E-state index in [0.717, 1.165) is 29.7 Å². The smallest absolute Gasteiger partial charge is 0.341 e. The van der Waals surface area contributed by atoms with Gasteiger partial charge >= 0.3 is 5.97 Å². The summed E-state index contributed by atoms with van der Waals surface area (Å²) < 4.78 is 5.22. The maximum atomic E-state index is 12.8. The Hall–Kier alpha value is -1.27. The molecule has 3 rings (SSSR count). The summed E-state index contributed by atoms with van der Waals surface area (Å²) in [5, 5.41) is 3.76. The second-order valence-corrected chi connectivity index (χ2v) is 8.75. The molecule has 27 heavy (non-hydrogen) atoms. The van der Waals surface area contributed by atoms with Gasteiger partial charge in [0.2, 0.25) is 0 Å². The van der Waals surface area contributed by atoms with Crippen LogP contribution in [-0.2, 0) is 17.6 Å². The van der Waals surface area contributed by atoms with Gasteiger partial charge in [-0.1, -0.05) is 41.7 Å². The number of anilines is 1. The van der Waals surface area contributed by atoms with Gasteiger partial charge in [-0.05, 0) is 49.8 Å². The predicted molar refractivity (Wildman–Crippen MR) is 111 cm³/mol. The zero-order valence-corrected chi connectivity index (χ0v) is 17.9. The van der Waals surface area contributed by atoms with E-state index in [1.54, 1.807) is 6.92 Å². The molecule has 0 bridgehead atoms. The first-order chi connectivity index (χ1) is 12.8. The molecule has 0 aliphatic heterocycles. The van der Waals surface area contributed by atoms with Crippen LogP contribution in [0.1, 0.15) is 51.4 Å². The van der Waals surface area contributed by atoms with Gasteiger partial charge in [0.15, 0.2) is 0 Å². The van der Waals surface area contributed by atoms with E-state index >= 15 is 0 Å². The van der Waals surface area contributed by atoms with Gasteiger partial charge in [-0.3, -0.25) is 4.79 Å². The summed E-state index contributed by atoms with van der Waals surface area (Å²) in [6.07, 6.45) is 2.66. The highest BCUT2D eigenvalue weighted by atomic mass is 35.5. The van der Waals surface area contributed by atoms with Crippen molar-refractivity contribution >= 4 is 63.0 Å². The maximum absolute atomic E-state index is 12.8. The van der Waals surface area contributed by atoms with E-state index in [1.165, 1.54) is 23.5 Å². The number of amides is 1. The van der Waals surface area contributed by atoms with Crippen molar-refractivity contribution in [3.63, 3.8) is 0 Å². The van der Waals surface area contributed by atoms with Gasteiger partial charge in [0.05, 0.1) is 32.8 Å². The third-order valence-electron chi connectivity index (χ3n) is 4.49. The number of hydrogen-bond acceptors (Lipinski definition) is 4. The van der Waals surface area contributed by atoms with Crippen molar-refractivity contribution in [2.75, 3.05) is 11.9 Å². The average Bonchev–Trinajstić information content (AvgIpc) is 2.95. The summed E-state index contributed by atoms with van der Waals surface area (Å²) in [6.45, 7) is 4.19. The van der Waals surface area contributed by atoms with Crippen LogP contribution in [0.5, 0.6) is 0 Å². The largest absolute Gasteiger partial charge is 0.462 e. The first-order valence-corrected chi connectivity index (χ1v) is 10.5. The zero-order chi connectivity index (χ0) is 19.7. The molecule has 0 radical (unpaired) electrons. The number of halogens is 3. The van der Waals surface area contributed by atoms with Crippen LogP contribution in [0.2, 0.25) is 15.1 Å². The summed E-state index contributed by atoms with van der Waals surface area (Å²) in [5.74, 6) is -0.403. The maximum Gasteiger partial charge on any atom is 0.341 e. The number of hydrogen-bond donors (Lipinski definition) is 1. The summed E-state index contributed by atoms with van der Waals surface area (Å²) in [4.78, 5) is 26.5. The number of ether oxygens (including phenoxy) is 1. The molecule has 1 aromatic heterocycles. The Morgan fingerprint density at radius 1 is 1.22 bits per heavy atom. The summed E-state index contributed by atoms with van der Waals surface area (Å²) in [5.41, 5.74) is 1.49. The van der Waals surface area contributed by atoms with Gasteiger partial charge in [-0.25, -0.2) is 4.79 Å². The lowest BCUT2D eigenvalue weighted by molar-refractivity contribution is 0.0526. The molecule has 0 saturated carbocycles. The molecule has 0 saturated heterocycles. The summed E-state index contributed by atoms with van der Waals surface area (Å²) in [6, 6.07) is 3.04. The Bertz CT molecular complexity index is 910. The normalized spacial score (nSPS) is 16.0. The number of esters is 1. The molecule has 0 spiro atoms. The van der Waals surface area contributed by atoms with Gasteiger partial charge in [0.1, 0.15) is 5.00 Å². The summed E-state index contributed by atoms with van der Waals surface area (Å²) in [7, 11) is 0. The lowest BCUT2D eigenvalue weighted by atomic mass is 9.88. The van der Waals surface area contributed by atoms with E-state index in [0.29, 0.717) is 16.5 Å². The predicted octanol–water partition coefficient (Wildman–Crippen LogP) is 6.26. The fourth-order valence-electron chi connectivity index (χ4n) is 3.16. The van der Waals surface area contributed by atoms with Crippen molar-refractivity contribution in [1.82, 2.24) is 0 Å². The fourth-order valence-corrected chi connectivity index (χ4v) is 5.25. The van der Waals surface area contributed by atoms with Crippen LogP contribution >= 0.6 is 46.1 Å². The molecule has 144 valence electrons. The van der Waals surface area contributed by atoms with E-state index in [4.69, 9.17) is 39.5 Å². The molecule has 1 aliphatic rings. The number of carbonyl (C=O) groups is 2. The molecule has 1 unspecified atom stereocenters. The van der Waals surface area contributed by atoms with Gasteiger partial charge in [0, 0.05) is 4.88 Å². The molecular formula is C19H18Cl3NO3S. The highest BCUT2D eigenvalue weighted by Gasteiger charge is 2.30. The molecule has 1 atom stereocenters.